The van der Waals surface area contributed by atoms with Gasteiger partial charge in [0.2, 0.25) is 0 Å². The third-order valence-corrected chi connectivity index (χ3v) is 4.47. The van der Waals surface area contributed by atoms with E-state index in [-0.39, 0.29) is 0 Å². The van der Waals surface area contributed by atoms with Gasteiger partial charge in [-0.1, -0.05) is 41.6 Å². The summed E-state index contributed by atoms with van der Waals surface area (Å²) in [7, 11) is 0. The van der Waals surface area contributed by atoms with Crippen LogP contribution < -0.4 is 5.32 Å². The number of hydrogen-bond acceptors (Lipinski definition) is 2. The molecule has 1 aromatic heterocycles. The normalized spacial score (nSPS) is 16.3. The van der Waals surface area contributed by atoms with E-state index in [1.165, 1.54) is 57.1 Å². The summed E-state index contributed by atoms with van der Waals surface area (Å²) in [6.07, 6.45) is 12.7. The fourth-order valence-electron chi connectivity index (χ4n) is 2.76. The summed E-state index contributed by atoms with van der Waals surface area (Å²) in [6, 6.07) is 2.83. The summed E-state index contributed by atoms with van der Waals surface area (Å²) >= 11 is 3.47. The lowest BCUT2D eigenvalue weighted by Crippen LogP contribution is -2.15. The molecule has 0 aliphatic heterocycles. The Morgan fingerprint density at radius 1 is 1.21 bits per heavy atom. The summed E-state index contributed by atoms with van der Waals surface area (Å²) < 4.78 is 2.18. The van der Waals surface area contributed by atoms with Gasteiger partial charge in [0.25, 0.3) is 0 Å². The zero-order valence-corrected chi connectivity index (χ0v) is 13.4. The molecule has 0 atom stereocenters. The van der Waals surface area contributed by atoms with Crippen LogP contribution in [0.1, 0.15) is 63.1 Å². The van der Waals surface area contributed by atoms with Crippen LogP contribution >= 0.6 is 15.9 Å². The van der Waals surface area contributed by atoms with Crippen molar-refractivity contribution in [2.75, 3.05) is 11.9 Å². The van der Waals surface area contributed by atoms with Gasteiger partial charge in [-0.15, -0.1) is 0 Å². The van der Waals surface area contributed by atoms with Gasteiger partial charge in [0.1, 0.15) is 0 Å². The highest BCUT2D eigenvalue weighted by Crippen LogP contribution is 2.28. The van der Waals surface area contributed by atoms with E-state index < -0.39 is 0 Å². The monoisotopic (exact) mass is 327 g/mol. The Hall–Kier alpha value is -0.350. The lowest BCUT2D eigenvalue weighted by Gasteiger charge is -2.09. The quantitative estimate of drug-likeness (QED) is 0.548. The van der Waals surface area contributed by atoms with Gasteiger partial charge >= 0.3 is 0 Å². The lowest BCUT2D eigenvalue weighted by molar-refractivity contribution is 0.460. The van der Waals surface area contributed by atoms with Crippen LogP contribution in [-0.2, 0) is 6.54 Å². The Balaban J connectivity index is 1.58. The van der Waals surface area contributed by atoms with Gasteiger partial charge in [0.05, 0.1) is 11.7 Å². The van der Waals surface area contributed by atoms with Crippen molar-refractivity contribution in [1.29, 1.82) is 0 Å². The standard InChI is InChI=1S/C15H26BrN3/c16-10-5-1-2-6-11-17-13-14-9-12-19(18-14)15-7-3-4-8-15/h9,12,15,17H,1-8,10-11,13H2. The first-order chi connectivity index (χ1) is 9.40. The van der Waals surface area contributed by atoms with Gasteiger partial charge in [0.15, 0.2) is 0 Å². The molecule has 19 heavy (non-hydrogen) atoms. The number of nitrogens with one attached hydrogen (secondary N) is 1. The fraction of sp³-hybridized carbons (Fsp3) is 0.800. The van der Waals surface area contributed by atoms with E-state index in [0.29, 0.717) is 6.04 Å². The van der Waals surface area contributed by atoms with Crippen LogP contribution in [0.25, 0.3) is 0 Å². The maximum atomic E-state index is 4.69. The van der Waals surface area contributed by atoms with Gasteiger partial charge in [-0.3, -0.25) is 4.68 Å². The Labute approximate surface area is 125 Å². The van der Waals surface area contributed by atoms with Crippen LogP contribution in [0.4, 0.5) is 0 Å². The van der Waals surface area contributed by atoms with E-state index in [4.69, 9.17) is 0 Å². The predicted molar refractivity (Wildman–Crippen MR) is 83.7 cm³/mol. The van der Waals surface area contributed by atoms with E-state index in [2.05, 4.69) is 43.3 Å². The zero-order valence-electron chi connectivity index (χ0n) is 11.8. The summed E-state index contributed by atoms with van der Waals surface area (Å²) in [5.74, 6) is 0. The second kappa shape index (κ2) is 8.75. The minimum absolute atomic E-state index is 0.665. The SMILES string of the molecule is BrCCCCCCNCc1ccn(C2CCCC2)n1. The van der Waals surface area contributed by atoms with E-state index in [1.54, 1.807) is 0 Å². The Morgan fingerprint density at radius 3 is 2.79 bits per heavy atom. The van der Waals surface area contributed by atoms with Crippen LogP contribution in [0.15, 0.2) is 12.3 Å². The number of nitrogens with zero attached hydrogens (tertiary/aromatic N) is 2. The molecule has 1 aromatic rings. The van der Waals surface area contributed by atoms with Crippen molar-refractivity contribution in [3.8, 4) is 0 Å². The molecule has 1 aliphatic carbocycles. The summed E-state index contributed by atoms with van der Waals surface area (Å²) in [4.78, 5) is 0. The number of halogens is 1. The first-order valence-electron chi connectivity index (χ1n) is 7.71. The molecule has 1 N–H and O–H groups in total. The molecule has 1 fully saturated rings. The molecule has 2 rings (SSSR count). The summed E-state index contributed by atoms with van der Waals surface area (Å²) in [6.45, 7) is 2.02. The average molecular weight is 328 g/mol. The third kappa shape index (κ3) is 5.27. The number of unbranched alkanes of at least 4 members (excludes halogenated alkanes) is 3. The highest BCUT2D eigenvalue weighted by molar-refractivity contribution is 9.09. The largest absolute Gasteiger partial charge is 0.311 e. The molecule has 0 unspecified atom stereocenters. The Bertz CT molecular complexity index is 345. The van der Waals surface area contributed by atoms with Crippen LogP contribution in [-0.4, -0.2) is 21.7 Å². The molecule has 0 bridgehead atoms. The topological polar surface area (TPSA) is 29.9 Å². The first kappa shape index (κ1) is 15.0. The molecule has 0 aromatic carbocycles. The number of aromatic nitrogens is 2. The minimum atomic E-state index is 0.665. The fourth-order valence-corrected chi connectivity index (χ4v) is 3.15. The molecule has 0 radical (unpaired) electrons. The smallest absolute Gasteiger partial charge is 0.0762 e. The van der Waals surface area contributed by atoms with Gasteiger partial charge in [-0.05, 0) is 38.3 Å². The van der Waals surface area contributed by atoms with Crippen molar-refractivity contribution in [2.45, 2.75) is 64.0 Å². The van der Waals surface area contributed by atoms with Crippen molar-refractivity contribution < 1.29 is 0 Å². The van der Waals surface area contributed by atoms with E-state index in [1.807, 2.05) is 0 Å². The van der Waals surface area contributed by atoms with Crippen molar-refractivity contribution in [1.82, 2.24) is 15.1 Å². The lowest BCUT2D eigenvalue weighted by atomic mass is 10.2. The van der Waals surface area contributed by atoms with Crippen LogP contribution in [0.3, 0.4) is 0 Å². The van der Waals surface area contributed by atoms with Gasteiger partial charge in [-0.2, -0.15) is 5.10 Å². The summed E-state index contributed by atoms with van der Waals surface area (Å²) in [5, 5.41) is 9.32. The molecule has 1 heterocycles. The molecule has 108 valence electrons. The van der Waals surface area contributed by atoms with Gasteiger partial charge in [-0.25, -0.2) is 0 Å². The highest BCUT2D eigenvalue weighted by atomic mass is 79.9. The maximum Gasteiger partial charge on any atom is 0.0762 e. The van der Waals surface area contributed by atoms with Crippen molar-refractivity contribution in [2.24, 2.45) is 0 Å². The second-order valence-corrected chi connectivity index (χ2v) is 6.30. The molecule has 0 saturated heterocycles. The minimum Gasteiger partial charge on any atom is -0.311 e. The first-order valence-corrected chi connectivity index (χ1v) is 8.83. The molecule has 1 aliphatic rings. The summed E-state index contributed by atoms with van der Waals surface area (Å²) in [5.41, 5.74) is 1.19. The Kier molecular flexibility index (Phi) is 6.93. The molecular weight excluding hydrogens is 302 g/mol. The third-order valence-electron chi connectivity index (χ3n) is 3.91. The van der Waals surface area contributed by atoms with Crippen LogP contribution in [0.5, 0.6) is 0 Å². The van der Waals surface area contributed by atoms with Crippen molar-refractivity contribution in [3.63, 3.8) is 0 Å². The maximum absolute atomic E-state index is 4.69. The number of alkyl halides is 1. The second-order valence-electron chi connectivity index (χ2n) is 5.51. The molecule has 0 amide bonds. The van der Waals surface area contributed by atoms with Gasteiger partial charge < -0.3 is 5.32 Å². The van der Waals surface area contributed by atoms with E-state index in [9.17, 15) is 0 Å². The molecule has 3 nitrogen and oxygen atoms in total. The zero-order chi connectivity index (χ0) is 13.3. The van der Waals surface area contributed by atoms with E-state index >= 15 is 0 Å². The molecule has 1 saturated carbocycles. The average Bonchev–Trinajstić information content (AvgIpc) is 3.08. The van der Waals surface area contributed by atoms with Gasteiger partial charge in [0, 0.05) is 18.1 Å². The molecule has 4 heteroatoms. The van der Waals surface area contributed by atoms with Crippen LogP contribution in [0.2, 0.25) is 0 Å². The highest BCUT2D eigenvalue weighted by Gasteiger charge is 2.17. The van der Waals surface area contributed by atoms with Crippen molar-refractivity contribution in [3.05, 3.63) is 18.0 Å². The Morgan fingerprint density at radius 2 is 2.00 bits per heavy atom. The van der Waals surface area contributed by atoms with Crippen LogP contribution in [0, 0.1) is 0 Å². The number of rotatable bonds is 9. The molecular formula is C15H26BrN3. The van der Waals surface area contributed by atoms with E-state index in [0.717, 1.165) is 18.4 Å². The molecule has 0 spiro atoms. The van der Waals surface area contributed by atoms with Crippen molar-refractivity contribution >= 4 is 15.9 Å². The number of hydrogen-bond donors (Lipinski definition) is 1. The predicted octanol–water partition coefficient (Wildman–Crippen LogP) is 4.04.